The quantitative estimate of drug-likeness (QED) is 0.691. The first kappa shape index (κ1) is 18.6. The number of unbranched alkanes of at least 4 members (excludes halogenated alkanes) is 1. The number of benzene rings is 2. The fraction of sp³-hybridized carbons (Fsp3) is 0.286. The molecule has 0 aliphatic rings. The van der Waals surface area contributed by atoms with Crippen molar-refractivity contribution < 1.29 is 9.21 Å². The molecule has 0 saturated heterocycles. The van der Waals surface area contributed by atoms with Gasteiger partial charge in [0.25, 0.3) is 0 Å². The molecule has 6 heteroatoms. The first-order chi connectivity index (χ1) is 13.1. The Hall–Kier alpha value is -3.15. The molecular formula is C21H23N3O3. The Balaban J connectivity index is 1.68. The lowest BCUT2D eigenvalue weighted by Gasteiger charge is -2.10. The van der Waals surface area contributed by atoms with E-state index < -0.39 is 5.76 Å². The molecule has 3 rings (SSSR count). The van der Waals surface area contributed by atoms with Crippen LogP contribution < -0.4 is 11.1 Å². The van der Waals surface area contributed by atoms with Crippen LogP contribution in [0.25, 0.3) is 11.5 Å². The predicted octanol–water partition coefficient (Wildman–Crippen LogP) is 3.79. The summed E-state index contributed by atoms with van der Waals surface area (Å²) in [5.41, 5.74) is 3.68. The van der Waals surface area contributed by atoms with Gasteiger partial charge in [-0.2, -0.15) is 4.68 Å². The average molecular weight is 365 g/mol. The lowest BCUT2D eigenvalue weighted by molar-refractivity contribution is -0.117. The van der Waals surface area contributed by atoms with Crippen molar-refractivity contribution in [1.29, 1.82) is 0 Å². The third-order valence-electron chi connectivity index (χ3n) is 4.30. The number of nitrogens with one attached hydrogen (secondary N) is 1. The van der Waals surface area contributed by atoms with Gasteiger partial charge >= 0.3 is 5.76 Å². The maximum Gasteiger partial charge on any atom is 0.437 e. The molecule has 1 aromatic heterocycles. The highest BCUT2D eigenvalue weighted by molar-refractivity contribution is 5.91. The molecule has 0 unspecified atom stereocenters. The van der Waals surface area contributed by atoms with Crippen LogP contribution in [0.4, 0.5) is 5.69 Å². The number of amides is 1. The molecule has 1 heterocycles. The summed E-state index contributed by atoms with van der Waals surface area (Å²) < 4.78 is 6.18. The number of anilines is 1. The van der Waals surface area contributed by atoms with E-state index in [2.05, 4.69) is 23.4 Å². The fourth-order valence-electron chi connectivity index (χ4n) is 2.83. The van der Waals surface area contributed by atoms with E-state index in [-0.39, 0.29) is 18.3 Å². The van der Waals surface area contributed by atoms with Crippen LogP contribution in [0.5, 0.6) is 0 Å². The number of carbonyl (C=O) groups is 1. The Labute approximate surface area is 157 Å². The topological polar surface area (TPSA) is 77.1 Å². The van der Waals surface area contributed by atoms with Crippen LogP contribution in [-0.4, -0.2) is 15.7 Å². The number of nitrogens with zero attached hydrogens (tertiary/aromatic N) is 2. The summed E-state index contributed by atoms with van der Waals surface area (Å²) in [6.45, 7) is 3.92. The second kappa shape index (κ2) is 8.49. The summed E-state index contributed by atoms with van der Waals surface area (Å²) in [5, 5.41) is 6.95. The minimum Gasteiger partial charge on any atom is -0.388 e. The van der Waals surface area contributed by atoms with E-state index in [9.17, 15) is 9.59 Å². The SMILES string of the molecule is CCCCc1ccc(NC(=O)Cn2nc(-c3ccccc3)oc2=O)c(C)c1. The van der Waals surface area contributed by atoms with Gasteiger partial charge in [0.2, 0.25) is 11.8 Å². The number of aromatic nitrogens is 2. The first-order valence-electron chi connectivity index (χ1n) is 9.09. The van der Waals surface area contributed by atoms with Gasteiger partial charge in [0, 0.05) is 11.3 Å². The number of aryl methyl sites for hydroxylation is 2. The average Bonchev–Trinajstić information content (AvgIpc) is 3.03. The lowest BCUT2D eigenvalue weighted by atomic mass is 10.0. The molecule has 0 aliphatic heterocycles. The highest BCUT2D eigenvalue weighted by atomic mass is 16.4. The summed E-state index contributed by atoms with van der Waals surface area (Å²) in [4.78, 5) is 24.3. The molecule has 1 amide bonds. The minimum atomic E-state index is -0.657. The van der Waals surface area contributed by atoms with Crippen LogP contribution in [-0.2, 0) is 17.8 Å². The molecular weight excluding hydrogens is 342 g/mol. The van der Waals surface area contributed by atoms with Crippen molar-refractivity contribution >= 4 is 11.6 Å². The van der Waals surface area contributed by atoms with Crippen molar-refractivity contribution in [1.82, 2.24) is 9.78 Å². The fourth-order valence-corrected chi connectivity index (χ4v) is 2.83. The number of hydrogen-bond donors (Lipinski definition) is 1. The van der Waals surface area contributed by atoms with Gasteiger partial charge in [-0.3, -0.25) is 4.79 Å². The van der Waals surface area contributed by atoms with Gasteiger partial charge < -0.3 is 9.73 Å². The summed E-state index contributed by atoms with van der Waals surface area (Å²) >= 11 is 0. The van der Waals surface area contributed by atoms with E-state index >= 15 is 0 Å². The van der Waals surface area contributed by atoms with E-state index in [0.717, 1.165) is 35.2 Å². The van der Waals surface area contributed by atoms with Gasteiger partial charge in [-0.1, -0.05) is 43.7 Å². The maximum absolute atomic E-state index is 12.3. The molecule has 0 spiro atoms. The van der Waals surface area contributed by atoms with Gasteiger partial charge in [-0.05, 0) is 49.1 Å². The molecule has 0 aliphatic carbocycles. The van der Waals surface area contributed by atoms with Crippen LogP contribution in [0.15, 0.2) is 57.7 Å². The van der Waals surface area contributed by atoms with E-state index in [1.165, 1.54) is 5.56 Å². The molecule has 2 aromatic carbocycles. The molecule has 0 fully saturated rings. The normalized spacial score (nSPS) is 10.7. The van der Waals surface area contributed by atoms with Crippen molar-refractivity contribution in [3.63, 3.8) is 0 Å². The molecule has 0 radical (unpaired) electrons. The van der Waals surface area contributed by atoms with Crippen LogP contribution in [0.1, 0.15) is 30.9 Å². The zero-order valence-electron chi connectivity index (χ0n) is 15.6. The molecule has 3 aromatic rings. The summed E-state index contributed by atoms with van der Waals surface area (Å²) in [6.07, 6.45) is 3.32. The van der Waals surface area contributed by atoms with Gasteiger partial charge in [0.15, 0.2) is 0 Å². The zero-order valence-corrected chi connectivity index (χ0v) is 15.6. The molecule has 27 heavy (non-hydrogen) atoms. The molecule has 140 valence electrons. The van der Waals surface area contributed by atoms with Crippen LogP contribution in [0.2, 0.25) is 0 Å². The Morgan fingerprint density at radius 1 is 1.19 bits per heavy atom. The highest BCUT2D eigenvalue weighted by Gasteiger charge is 2.14. The molecule has 0 saturated carbocycles. The Kier molecular flexibility index (Phi) is 5.86. The van der Waals surface area contributed by atoms with Crippen LogP contribution in [0.3, 0.4) is 0 Å². The minimum absolute atomic E-state index is 0.199. The largest absolute Gasteiger partial charge is 0.437 e. The Morgan fingerprint density at radius 3 is 2.67 bits per heavy atom. The second-order valence-corrected chi connectivity index (χ2v) is 6.50. The van der Waals surface area contributed by atoms with Gasteiger partial charge in [0.05, 0.1) is 0 Å². The Bertz CT molecular complexity index is 974. The van der Waals surface area contributed by atoms with Crippen LogP contribution >= 0.6 is 0 Å². The van der Waals surface area contributed by atoms with Gasteiger partial charge in [0.1, 0.15) is 6.54 Å². The molecule has 1 N–H and O–H groups in total. The van der Waals surface area contributed by atoms with E-state index in [4.69, 9.17) is 4.42 Å². The molecule has 6 nitrogen and oxygen atoms in total. The summed E-state index contributed by atoms with van der Waals surface area (Å²) in [5.74, 6) is -0.782. The van der Waals surface area contributed by atoms with Crippen molar-refractivity contribution in [2.75, 3.05) is 5.32 Å². The van der Waals surface area contributed by atoms with Gasteiger partial charge in [-0.15, -0.1) is 5.10 Å². The maximum atomic E-state index is 12.3. The number of carbonyl (C=O) groups excluding carboxylic acids is 1. The molecule has 0 atom stereocenters. The van der Waals surface area contributed by atoms with E-state index in [1.54, 1.807) is 12.1 Å². The van der Waals surface area contributed by atoms with Gasteiger partial charge in [-0.25, -0.2) is 4.79 Å². The van der Waals surface area contributed by atoms with Crippen molar-refractivity contribution in [2.24, 2.45) is 0 Å². The second-order valence-electron chi connectivity index (χ2n) is 6.50. The smallest absolute Gasteiger partial charge is 0.388 e. The standard InChI is InChI=1S/C21H23N3O3/c1-3-4-8-16-11-12-18(15(2)13-16)22-19(25)14-24-21(26)27-20(23-24)17-9-6-5-7-10-17/h5-7,9-13H,3-4,8,14H2,1-2H3,(H,22,25). The van der Waals surface area contributed by atoms with Crippen LogP contribution in [0, 0.1) is 6.92 Å². The lowest BCUT2D eigenvalue weighted by Crippen LogP contribution is -2.26. The van der Waals surface area contributed by atoms with Crippen molar-refractivity contribution in [3.05, 3.63) is 70.2 Å². The Morgan fingerprint density at radius 2 is 1.96 bits per heavy atom. The zero-order chi connectivity index (χ0) is 19.2. The monoisotopic (exact) mass is 365 g/mol. The predicted molar refractivity (Wildman–Crippen MR) is 105 cm³/mol. The van der Waals surface area contributed by atoms with Crippen molar-refractivity contribution in [2.45, 2.75) is 39.7 Å². The first-order valence-corrected chi connectivity index (χ1v) is 9.09. The summed E-state index contributed by atoms with van der Waals surface area (Å²) in [6, 6.07) is 15.1. The number of hydrogen-bond acceptors (Lipinski definition) is 4. The number of rotatable bonds is 7. The molecule has 0 bridgehead atoms. The van der Waals surface area contributed by atoms with Crippen molar-refractivity contribution in [3.8, 4) is 11.5 Å². The third-order valence-corrected chi connectivity index (χ3v) is 4.30. The van der Waals surface area contributed by atoms with E-state index in [0.29, 0.717) is 5.56 Å². The highest BCUT2D eigenvalue weighted by Crippen LogP contribution is 2.18. The van der Waals surface area contributed by atoms with E-state index in [1.807, 2.05) is 37.3 Å². The third kappa shape index (κ3) is 4.73. The summed E-state index contributed by atoms with van der Waals surface area (Å²) in [7, 11) is 0.